The molecule has 112 valence electrons. The van der Waals surface area contributed by atoms with E-state index in [0.717, 1.165) is 30.8 Å². The third-order valence-corrected chi connectivity index (χ3v) is 3.44. The van der Waals surface area contributed by atoms with Crippen LogP contribution in [0.5, 0.6) is 17.2 Å². The molecular formula is C15H23NO4. The van der Waals surface area contributed by atoms with Gasteiger partial charge in [-0.1, -0.05) is 13.8 Å². The van der Waals surface area contributed by atoms with Crippen molar-refractivity contribution in [2.24, 2.45) is 5.41 Å². The maximum atomic E-state index is 9.02. The first-order valence-corrected chi connectivity index (χ1v) is 6.84. The average molecular weight is 281 g/mol. The third kappa shape index (κ3) is 3.55. The first kappa shape index (κ1) is 14.9. The molecule has 5 nitrogen and oxygen atoms in total. The van der Waals surface area contributed by atoms with Crippen LogP contribution in [0.1, 0.15) is 25.8 Å². The molecule has 2 N–H and O–H groups in total. The normalized spacial score (nSPS) is 13.6. The smallest absolute Gasteiger partial charge is 0.231 e. The van der Waals surface area contributed by atoms with E-state index in [1.54, 1.807) is 7.11 Å². The first-order valence-electron chi connectivity index (χ1n) is 6.84. The highest BCUT2D eigenvalue weighted by Gasteiger charge is 2.20. The van der Waals surface area contributed by atoms with E-state index in [0.29, 0.717) is 11.5 Å². The molecule has 0 saturated carbocycles. The molecule has 0 atom stereocenters. The Kier molecular flexibility index (Phi) is 4.73. The van der Waals surface area contributed by atoms with Gasteiger partial charge in [-0.15, -0.1) is 0 Å². The number of fused-ring (bicyclic) bond motifs is 1. The van der Waals surface area contributed by atoms with Crippen LogP contribution in [0.15, 0.2) is 12.1 Å². The molecule has 0 radical (unpaired) electrons. The monoisotopic (exact) mass is 281 g/mol. The molecule has 0 amide bonds. The quantitative estimate of drug-likeness (QED) is 0.799. The molecular weight excluding hydrogens is 258 g/mol. The van der Waals surface area contributed by atoms with Crippen molar-refractivity contribution in [1.82, 2.24) is 5.32 Å². The van der Waals surface area contributed by atoms with E-state index < -0.39 is 0 Å². The minimum Gasteiger partial charge on any atom is -0.493 e. The number of ether oxygens (including phenoxy) is 3. The maximum Gasteiger partial charge on any atom is 0.231 e. The average Bonchev–Trinajstić information content (AvgIpc) is 2.85. The molecule has 0 saturated heterocycles. The lowest BCUT2D eigenvalue weighted by Gasteiger charge is -2.24. The highest BCUT2D eigenvalue weighted by atomic mass is 16.7. The summed E-state index contributed by atoms with van der Waals surface area (Å²) in [6.45, 7) is 6.29. The lowest BCUT2D eigenvalue weighted by molar-refractivity contribution is 0.171. The molecule has 5 heteroatoms. The second kappa shape index (κ2) is 6.33. The summed E-state index contributed by atoms with van der Waals surface area (Å²) < 4.78 is 16.1. The van der Waals surface area contributed by atoms with Crippen LogP contribution < -0.4 is 19.5 Å². The van der Waals surface area contributed by atoms with Crippen molar-refractivity contribution in [2.45, 2.75) is 26.8 Å². The van der Waals surface area contributed by atoms with E-state index in [9.17, 15) is 0 Å². The van der Waals surface area contributed by atoms with Gasteiger partial charge in [-0.25, -0.2) is 0 Å². The summed E-state index contributed by atoms with van der Waals surface area (Å²) >= 11 is 0. The predicted molar refractivity (Wildman–Crippen MR) is 76.3 cm³/mol. The van der Waals surface area contributed by atoms with Gasteiger partial charge < -0.3 is 24.6 Å². The van der Waals surface area contributed by atoms with Crippen LogP contribution in [0.4, 0.5) is 0 Å². The van der Waals surface area contributed by atoms with Crippen molar-refractivity contribution in [1.29, 1.82) is 0 Å². The Labute approximate surface area is 119 Å². The van der Waals surface area contributed by atoms with Crippen LogP contribution in [-0.4, -0.2) is 32.2 Å². The van der Waals surface area contributed by atoms with Gasteiger partial charge in [-0.3, -0.25) is 0 Å². The number of nitrogens with one attached hydrogen (secondary N) is 1. The molecule has 20 heavy (non-hydrogen) atoms. The zero-order valence-electron chi connectivity index (χ0n) is 12.4. The lowest BCUT2D eigenvalue weighted by Crippen LogP contribution is -2.29. The zero-order valence-corrected chi connectivity index (χ0v) is 12.4. The molecule has 0 aliphatic carbocycles. The van der Waals surface area contributed by atoms with E-state index in [-0.39, 0.29) is 18.8 Å². The largest absolute Gasteiger partial charge is 0.493 e. The zero-order chi connectivity index (χ0) is 14.6. The summed E-state index contributed by atoms with van der Waals surface area (Å²) in [7, 11) is 1.62. The van der Waals surface area contributed by atoms with Gasteiger partial charge in [0.05, 0.1) is 7.11 Å². The Morgan fingerprint density at radius 3 is 2.85 bits per heavy atom. The van der Waals surface area contributed by atoms with Crippen molar-refractivity contribution >= 4 is 0 Å². The first-order chi connectivity index (χ1) is 9.55. The van der Waals surface area contributed by atoms with Crippen LogP contribution >= 0.6 is 0 Å². The number of aliphatic hydroxyl groups excluding tert-OH is 1. The predicted octanol–water partition coefficient (Wildman–Crippen LogP) is 1.92. The van der Waals surface area contributed by atoms with Crippen LogP contribution in [0.3, 0.4) is 0 Å². The van der Waals surface area contributed by atoms with Gasteiger partial charge in [-0.05, 0) is 29.5 Å². The molecule has 0 spiro atoms. The summed E-state index contributed by atoms with van der Waals surface area (Å²) in [5.41, 5.74) is 1.17. The van der Waals surface area contributed by atoms with Crippen LogP contribution in [0.25, 0.3) is 0 Å². The molecule has 1 aromatic rings. The summed E-state index contributed by atoms with van der Waals surface area (Å²) in [6.07, 6.45) is 0.782. The number of rotatable bonds is 7. The van der Waals surface area contributed by atoms with E-state index >= 15 is 0 Å². The van der Waals surface area contributed by atoms with Crippen molar-refractivity contribution in [2.75, 3.05) is 27.1 Å². The minimum absolute atomic E-state index is 0.0785. The highest BCUT2D eigenvalue weighted by molar-refractivity contribution is 5.55. The van der Waals surface area contributed by atoms with Gasteiger partial charge in [0, 0.05) is 19.7 Å². The van der Waals surface area contributed by atoms with Gasteiger partial charge in [0.1, 0.15) is 0 Å². The molecule has 2 rings (SSSR count). The van der Waals surface area contributed by atoms with Crippen molar-refractivity contribution in [3.63, 3.8) is 0 Å². The third-order valence-electron chi connectivity index (χ3n) is 3.44. The van der Waals surface area contributed by atoms with E-state index in [1.165, 1.54) is 0 Å². The van der Waals surface area contributed by atoms with Gasteiger partial charge in [0.2, 0.25) is 12.5 Å². The summed E-state index contributed by atoms with van der Waals surface area (Å²) in [5.74, 6) is 2.11. The summed E-state index contributed by atoms with van der Waals surface area (Å²) in [6, 6.07) is 3.93. The van der Waals surface area contributed by atoms with Gasteiger partial charge in [0.25, 0.3) is 0 Å². The van der Waals surface area contributed by atoms with Crippen LogP contribution in [-0.2, 0) is 6.54 Å². The second-order valence-corrected chi connectivity index (χ2v) is 5.77. The number of aliphatic hydroxyl groups is 1. The second-order valence-electron chi connectivity index (χ2n) is 5.77. The van der Waals surface area contributed by atoms with Crippen molar-refractivity contribution in [3.05, 3.63) is 17.7 Å². The molecule has 0 bridgehead atoms. The molecule has 1 aromatic carbocycles. The number of methoxy groups -OCH3 is 1. The highest BCUT2D eigenvalue weighted by Crippen LogP contribution is 2.41. The van der Waals surface area contributed by atoms with E-state index in [1.807, 2.05) is 12.1 Å². The summed E-state index contributed by atoms with van der Waals surface area (Å²) in [4.78, 5) is 0. The Balaban J connectivity index is 1.97. The van der Waals surface area contributed by atoms with Gasteiger partial charge >= 0.3 is 0 Å². The number of hydrogen-bond donors (Lipinski definition) is 2. The Morgan fingerprint density at radius 2 is 2.15 bits per heavy atom. The molecule has 1 heterocycles. The fraction of sp³-hybridized carbons (Fsp3) is 0.600. The Bertz CT molecular complexity index is 459. The SMILES string of the molecule is COc1cc(CNCC(C)(C)CCO)cc2c1OCO2. The Hall–Kier alpha value is -1.46. The van der Waals surface area contributed by atoms with Gasteiger partial charge in [0.15, 0.2) is 11.5 Å². The van der Waals surface area contributed by atoms with Crippen molar-refractivity contribution in [3.8, 4) is 17.2 Å². The molecule has 0 fully saturated rings. The Morgan fingerprint density at radius 1 is 1.35 bits per heavy atom. The number of hydrogen-bond acceptors (Lipinski definition) is 5. The standard InChI is InChI=1S/C15H23NO4/c1-15(2,4-5-17)9-16-8-11-6-12(18-3)14-13(7-11)19-10-20-14/h6-7,16-17H,4-5,8-10H2,1-3H3. The van der Waals surface area contributed by atoms with Crippen LogP contribution in [0.2, 0.25) is 0 Å². The minimum atomic E-state index is 0.0785. The lowest BCUT2D eigenvalue weighted by atomic mass is 9.90. The van der Waals surface area contributed by atoms with Crippen molar-refractivity contribution < 1.29 is 19.3 Å². The number of benzene rings is 1. The maximum absolute atomic E-state index is 9.02. The fourth-order valence-electron chi connectivity index (χ4n) is 2.22. The molecule has 0 unspecified atom stereocenters. The van der Waals surface area contributed by atoms with E-state index in [4.69, 9.17) is 19.3 Å². The topological polar surface area (TPSA) is 60.0 Å². The van der Waals surface area contributed by atoms with E-state index in [2.05, 4.69) is 19.2 Å². The van der Waals surface area contributed by atoms with Gasteiger partial charge in [-0.2, -0.15) is 0 Å². The molecule has 1 aliphatic heterocycles. The van der Waals surface area contributed by atoms with Crippen LogP contribution in [0, 0.1) is 5.41 Å². The molecule has 1 aliphatic rings. The summed E-state index contributed by atoms with van der Waals surface area (Å²) in [5, 5.41) is 12.4. The molecule has 0 aromatic heterocycles. The fourth-order valence-corrected chi connectivity index (χ4v) is 2.22.